The molecule has 1 aliphatic rings. The van der Waals surface area contributed by atoms with E-state index >= 15 is 0 Å². The quantitative estimate of drug-likeness (QED) is 0.710. The Bertz CT molecular complexity index is 289. The maximum absolute atomic E-state index is 12.0. The van der Waals surface area contributed by atoms with Gasteiger partial charge < -0.3 is 10.2 Å². The normalized spacial score (nSPS) is 25.5. The van der Waals surface area contributed by atoms with Crippen LogP contribution < -0.4 is 5.32 Å². The zero-order chi connectivity index (χ0) is 12.1. The van der Waals surface area contributed by atoms with Crippen LogP contribution in [0.25, 0.3) is 0 Å². The fourth-order valence-electron chi connectivity index (χ4n) is 2.02. The van der Waals surface area contributed by atoms with E-state index in [-0.39, 0.29) is 23.9 Å². The zero-order valence-corrected chi connectivity index (χ0v) is 10.0. The number of carbonyl (C=O) groups excluding carboxylic acids is 2. The predicted molar refractivity (Wildman–Crippen MR) is 62.8 cm³/mol. The first kappa shape index (κ1) is 12.7. The summed E-state index contributed by atoms with van der Waals surface area (Å²) in [5.41, 5.74) is 0. The van der Waals surface area contributed by atoms with Crippen molar-refractivity contribution in [1.29, 1.82) is 0 Å². The largest absolute Gasteiger partial charge is 0.343 e. The predicted octanol–water partition coefficient (Wildman–Crippen LogP) is 1.08. The molecule has 4 heteroatoms. The SMILES string of the molecule is C=CCN1C(=O)C(CC)NC(=O)C1CCC. The standard InChI is InChI=1S/C12H20N2O2/c1-4-7-10-11(15)13-9(6-3)12(16)14(10)8-5-2/h5,9-10H,2,4,6-8H2,1,3H3,(H,13,15). The number of nitrogens with zero attached hydrogens (tertiary/aromatic N) is 1. The van der Waals surface area contributed by atoms with Crippen molar-refractivity contribution in [3.05, 3.63) is 12.7 Å². The molecule has 0 saturated carbocycles. The molecule has 2 unspecified atom stereocenters. The van der Waals surface area contributed by atoms with Crippen molar-refractivity contribution in [1.82, 2.24) is 10.2 Å². The number of piperazine rings is 1. The van der Waals surface area contributed by atoms with Crippen LogP contribution in [0.2, 0.25) is 0 Å². The van der Waals surface area contributed by atoms with Crippen LogP contribution in [0.1, 0.15) is 33.1 Å². The molecule has 0 aromatic carbocycles. The minimum absolute atomic E-state index is 0.0143. The molecule has 1 fully saturated rings. The minimum atomic E-state index is -0.361. The first-order chi connectivity index (χ1) is 7.65. The van der Waals surface area contributed by atoms with Crippen LogP contribution >= 0.6 is 0 Å². The summed E-state index contributed by atoms with van der Waals surface area (Å²) in [6.07, 6.45) is 3.90. The lowest BCUT2D eigenvalue weighted by molar-refractivity contribution is -0.149. The molecule has 1 N–H and O–H groups in total. The maximum Gasteiger partial charge on any atom is 0.246 e. The van der Waals surface area contributed by atoms with Crippen molar-refractivity contribution in [2.45, 2.75) is 45.2 Å². The molecule has 2 amide bonds. The molecule has 0 aromatic heterocycles. The Morgan fingerprint density at radius 3 is 2.62 bits per heavy atom. The monoisotopic (exact) mass is 224 g/mol. The molecule has 1 rings (SSSR count). The number of carbonyl (C=O) groups is 2. The lowest BCUT2D eigenvalue weighted by Gasteiger charge is -2.38. The van der Waals surface area contributed by atoms with Crippen LogP contribution in [-0.4, -0.2) is 35.3 Å². The van der Waals surface area contributed by atoms with Crippen molar-refractivity contribution in [2.24, 2.45) is 0 Å². The smallest absolute Gasteiger partial charge is 0.246 e. The first-order valence-corrected chi connectivity index (χ1v) is 5.87. The van der Waals surface area contributed by atoms with Gasteiger partial charge in [0.05, 0.1) is 0 Å². The second-order valence-corrected chi connectivity index (χ2v) is 4.05. The van der Waals surface area contributed by atoms with Crippen LogP contribution in [0.15, 0.2) is 12.7 Å². The summed E-state index contributed by atoms with van der Waals surface area (Å²) in [5.74, 6) is -0.0180. The van der Waals surface area contributed by atoms with Gasteiger partial charge in [0, 0.05) is 6.54 Å². The third kappa shape index (κ3) is 2.43. The third-order valence-corrected chi connectivity index (χ3v) is 2.87. The Morgan fingerprint density at radius 2 is 2.12 bits per heavy atom. The molecule has 1 saturated heterocycles. The fraction of sp³-hybridized carbons (Fsp3) is 0.667. The second kappa shape index (κ2) is 5.68. The van der Waals surface area contributed by atoms with Gasteiger partial charge in [-0.15, -0.1) is 6.58 Å². The highest BCUT2D eigenvalue weighted by Gasteiger charge is 2.38. The third-order valence-electron chi connectivity index (χ3n) is 2.87. The second-order valence-electron chi connectivity index (χ2n) is 4.05. The number of hydrogen-bond donors (Lipinski definition) is 1. The molecule has 1 heterocycles. The summed E-state index contributed by atoms with van der Waals surface area (Å²) in [4.78, 5) is 25.5. The minimum Gasteiger partial charge on any atom is -0.343 e. The summed E-state index contributed by atoms with van der Waals surface area (Å²) in [5, 5.41) is 2.77. The van der Waals surface area contributed by atoms with Crippen molar-refractivity contribution in [2.75, 3.05) is 6.54 Å². The first-order valence-electron chi connectivity index (χ1n) is 5.87. The molecule has 1 aliphatic heterocycles. The topological polar surface area (TPSA) is 49.4 Å². The molecule has 2 atom stereocenters. The molecular weight excluding hydrogens is 204 g/mol. The molecule has 0 spiro atoms. The number of hydrogen-bond acceptors (Lipinski definition) is 2. The summed E-state index contributed by atoms with van der Waals surface area (Å²) in [6, 6.07) is -0.682. The highest BCUT2D eigenvalue weighted by molar-refractivity contribution is 5.97. The average Bonchev–Trinajstić information content (AvgIpc) is 2.28. The molecule has 4 nitrogen and oxygen atoms in total. The van der Waals surface area contributed by atoms with Crippen molar-refractivity contribution >= 4 is 11.8 Å². The Hall–Kier alpha value is -1.32. The van der Waals surface area contributed by atoms with Crippen molar-refractivity contribution in [3.8, 4) is 0 Å². The highest BCUT2D eigenvalue weighted by atomic mass is 16.2. The van der Waals surface area contributed by atoms with E-state index in [0.717, 1.165) is 6.42 Å². The van der Waals surface area contributed by atoms with Gasteiger partial charge in [-0.3, -0.25) is 9.59 Å². The van der Waals surface area contributed by atoms with E-state index in [9.17, 15) is 9.59 Å². The van der Waals surface area contributed by atoms with Gasteiger partial charge in [-0.25, -0.2) is 0 Å². The van der Waals surface area contributed by atoms with Crippen LogP contribution in [0.5, 0.6) is 0 Å². The fourth-order valence-corrected chi connectivity index (χ4v) is 2.02. The van der Waals surface area contributed by atoms with Gasteiger partial charge in [-0.1, -0.05) is 26.3 Å². The molecule has 0 bridgehead atoms. The van der Waals surface area contributed by atoms with E-state index in [1.807, 2.05) is 13.8 Å². The summed E-state index contributed by atoms with van der Waals surface area (Å²) in [7, 11) is 0. The van der Waals surface area contributed by atoms with E-state index < -0.39 is 0 Å². The lowest BCUT2D eigenvalue weighted by Crippen LogP contribution is -2.63. The maximum atomic E-state index is 12.0. The van der Waals surface area contributed by atoms with Gasteiger partial charge in [0.25, 0.3) is 0 Å². The van der Waals surface area contributed by atoms with E-state index in [1.165, 1.54) is 0 Å². The van der Waals surface area contributed by atoms with Gasteiger partial charge in [-0.2, -0.15) is 0 Å². The van der Waals surface area contributed by atoms with Crippen LogP contribution in [-0.2, 0) is 9.59 Å². The van der Waals surface area contributed by atoms with Gasteiger partial charge in [0.1, 0.15) is 12.1 Å². The lowest BCUT2D eigenvalue weighted by atomic mass is 10.0. The van der Waals surface area contributed by atoms with E-state index in [2.05, 4.69) is 11.9 Å². The summed E-state index contributed by atoms with van der Waals surface area (Å²) >= 11 is 0. The van der Waals surface area contributed by atoms with Gasteiger partial charge in [-0.05, 0) is 12.8 Å². The molecule has 16 heavy (non-hydrogen) atoms. The molecular formula is C12H20N2O2. The molecule has 0 aromatic rings. The van der Waals surface area contributed by atoms with Crippen molar-refractivity contribution < 1.29 is 9.59 Å². The average molecular weight is 224 g/mol. The van der Waals surface area contributed by atoms with E-state index in [1.54, 1.807) is 11.0 Å². The zero-order valence-electron chi connectivity index (χ0n) is 10.0. The van der Waals surface area contributed by atoms with Crippen LogP contribution in [0.4, 0.5) is 0 Å². The van der Waals surface area contributed by atoms with Crippen LogP contribution in [0.3, 0.4) is 0 Å². The molecule has 0 aliphatic carbocycles. The Kier molecular flexibility index (Phi) is 4.52. The Labute approximate surface area is 96.7 Å². The molecule has 90 valence electrons. The van der Waals surface area contributed by atoms with Crippen molar-refractivity contribution in [3.63, 3.8) is 0 Å². The Balaban J connectivity index is 2.86. The Morgan fingerprint density at radius 1 is 1.44 bits per heavy atom. The summed E-state index contributed by atoms with van der Waals surface area (Å²) < 4.78 is 0. The van der Waals surface area contributed by atoms with E-state index in [0.29, 0.717) is 19.4 Å². The van der Waals surface area contributed by atoms with Gasteiger partial charge in [0.15, 0.2) is 0 Å². The highest BCUT2D eigenvalue weighted by Crippen LogP contribution is 2.16. The van der Waals surface area contributed by atoms with Gasteiger partial charge in [0.2, 0.25) is 11.8 Å². The molecule has 0 radical (unpaired) electrons. The van der Waals surface area contributed by atoms with Crippen LogP contribution in [0, 0.1) is 0 Å². The number of rotatable bonds is 5. The van der Waals surface area contributed by atoms with E-state index in [4.69, 9.17) is 0 Å². The number of amides is 2. The van der Waals surface area contributed by atoms with Gasteiger partial charge >= 0.3 is 0 Å². The summed E-state index contributed by atoms with van der Waals surface area (Å²) in [6.45, 7) is 7.99. The number of nitrogens with one attached hydrogen (secondary N) is 1.